The van der Waals surface area contributed by atoms with E-state index in [0.29, 0.717) is 6.54 Å². The van der Waals surface area contributed by atoms with Crippen LogP contribution in [0, 0.1) is 10.1 Å². The topological polar surface area (TPSA) is 66.7 Å². The number of nitro benzene ring substituents is 1. The second kappa shape index (κ2) is 9.09. The Hall–Kier alpha value is -2.99. The molecule has 1 amide bonds. The van der Waals surface area contributed by atoms with E-state index in [0.717, 1.165) is 38.2 Å². The molecule has 0 aromatic heterocycles. The number of carbonyl (C=O) groups is 1. The van der Waals surface area contributed by atoms with Gasteiger partial charge in [0.15, 0.2) is 0 Å². The molecule has 0 aliphatic carbocycles. The molecule has 140 valence electrons. The van der Waals surface area contributed by atoms with Gasteiger partial charge >= 0.3 is 0 Å². The summed E-state index contributed by atoms with van der Waals surface area (Å²) in [5, 5.41) is 10.7. The molecule has 1 aliphatic rings. The summed E-state index contributed by atoms with van der Waals surface area (Å²) in [6.07, 6.45) is 4.21. The van der Waals surface area contributed by atoms with Gasteiger partial charge < -0.3 is 4.90 Å². The van der Waals surface area contributed by atoms with Crippen molar-refractivity contribution in [1.82, 2.24) is 9.80 Å². The van der Waals surface area contributed by atoms with Crippen LogP contribution in [0.4, 0.5) is 5.69 Å². The first-order valence-corrected chi connectivity index (χ1v) is 9.09. The van der Waals surface area contributed by atoms with Crippen LogP contribution >= 0.6 is 0 Å². The van der Waals surface area contributed by atoms with E-state index in [4.69, 9.17) is 0 Å². The van der Waals surface area contributed by atoms with Crippen molar-refractivity contribution in [2.75, 3.05) is 26.2 Å². The summed E-state index contributed by atoms with van der Waals surface area (Å²) in [5.41, 5.74) is 2.11. The minimum absolute atomic E-state index is 0.0186. The second-order valence-corrected chi connectivity index (χ2v) is 6.62. The SMILES string of the molecule is O=C(/C=C/c1ccc([N+](=O)[O-])cc1)N1CCCN(Cc2ccccc2)CC1. The summed E-state index contributed by atoms with van der Waals surface area (Å²) in [6.45, 7) is 4.18. The molecule has 0 spiro atoms. The van der Waals surface area contributed by atoms with Crippen molar-refractivity contribution in [3.8, 4) is 0 Å². The number of hydrogen-bond donors (Lipinski definition) is 0. The number of benzene rings is 2. The molecule has 1 aliphatic heterocycles. The number of amides is 1. The number of hydrogen-bond acceptors (Lipinski definition) is 4. The zero-order valence-corrected chi connectivity index (χ0v) is 15.2. The third-order valence-corrected chi connectivity index (χ3v) is 4.67. The Bertz CT molecular complexity index is 803. The smallest absolute Gasteiger partial charge is 0.269 e. The highest BCUT2D eigenvalue weighted by molar-refractivity contribution is 5.91. The Balaban J connectivity index is 1.53. The van der Waals surface area contributed by atoms with Crippen molar-refractivity contribution >= 4 is 17.7 Å². The summed E-state index contributed by atoms with van der Waals surface area (Å²) < 4.78 is 0. The van der Waals surface area contributed by atoms with Gasteiger partial charge in [-0.3, -0.25) is 19.8 Å². The maximum Gasteiger partial charge on any atom is 0.269 e. The van der Waals surface area contributed by atoms with E-state index in [9.17, 15) is 14.9 Å². The largest absolute Gasteiger partial charge is 0.338 e. The number of nitrogens with zero attached hydrogens (tertiary/aromatic N) is 3. The normalized spacial score (nSPS) is 15.6. The minimum atomic E-state index is -0.433. The third kappa shape index (κ3) is 5.49. The van der Waals surface area contributed by atoms with Crippen LogP contribution in [0.25, 0.3) is 6.08 Å². The van der Waals surface area contributed by atoms with E-state index < -0.39 is 4.92 Å². The summed E-state index contributed by atoms with van der Waals surface area (Å²) >= 11 is 0. The zero-order chi connectivity index (χ0) is 19.1. The van der Waals surface area contributed by atoms with E-state index in [1.54, 1.807) is 24.3 Å². The monoisotopic (exact) mass is 365 g/mol. The Morgan fingerprint density at radius 3 is 2.44 bits per heavy atom. The predicted molar refractivity (Wildman–Crippen MR) is 105 cm³/mol. The summed E-state index contributed by atoms with van der Waals surface area (Å²) in [5.74, 6) is -0.0186. The fourth-order valence-electron chi connectivity index (χ4n) is 3.17. The Morgan fingerprint density at radius 2 is 1.74 bits per heavy atom. The van der Waals surface area contributed by atoms with Gasteiger partial charge in [0.2, 0.25) is 5.91 Å². The molecule has 3 rings (SSSR count). The lowest BCUT2D eigenvalue weighted by molar-refractivity contribution is -0.384. The second-order valence-electron chi connectivity index (χ2n) is 6.62. The van der Waals surface area contributed by atoms with Crippen LogP contribution in [0.2, 0.25) is 0 Å². The first-order valence-electron chi connectivity index (χ1n) is 9.09. The molecule has 0 saturated carbocycles. The van der Waals surface area contributed by atoms with Crippen molar-refractivity contribution in [3.05, 3.63) is 81.9 Å². The van der Waals surface area contributed by atoms with Crippen molar-refractivity contribution in [2.24, 2.45) is 0 Å². The molecule has 2 aromatic rings. The van der Waals surface area contributed by atoms with Gasteiger partial charge in [0.1, 0.15) is 0 Å². The van der Waals surface area contributed by atoms with Gasteiger partial charge in [0.05, 0.1) is 4.92 Å². The van der Waals surface area contributed by atoms with Crippen LogP contribution in [-0.4, -0.2) is 46.8 Å². The molecule has 0 bridgehead atoms. The molecule has 27 heavy (non-hydrogen) atoms. The molecular formula is C21H23N3O3. The van der Waals surface area contributed by atoms with Crippen LogP contribution in [-0.2, 0) is 11.3 Å². The van der Waals surface area contributed by atoms with Crippen molar-refractivity contribution in [2.45, 2.75) is 13.0 Å². The number of carbonyl (C=O) groups excluding carboxylic acids is 1. The number of rotatable bonds is 5. The van der Waals surface area contributed by atoms with Gasteiger partial charge in [-0.2, -0.15) is 0 Å². The van der Waals surface area contributed by atoms with Crippen molar-refractivity contribution in [3.63, 3.8) is 0 Å². The average Bonchev–Trinajstić information content (AvgIpc) is 2.93. The first kappa shape index (κ1) is 18.8. The van der Waals surface area contributed by atoms with Crippen molar-refractivity contribution in [1.29, 1.82) is 0 Å². The number of nitro groups is 1. The van der Waals surface area contributed by atoms with E-state index in [1.807, 2.05) is 23.1 Å². The molecule has 6 heteroatoms. The maximum absolute atomic E-state index is 12.5. The molecule has 0 unspecified atom stereocenters. The molecule has 0 atom stereocenters. The van der Waals surface area contributed by atoms with E-state index in [-0.39, 0.29) is 11.6 Å². The molecule has 0 radical (unpaired) electrons. The molecule has 1 fully saturated rings. The van der Waals surface area contributed by atoms with Crippen LogP contribution in [0.15, 0.2) is 60.7 Å². The average molecular weight is 365 g/mol. The Kier molecular flexibility index (Phi) is 6.33. The molecule has 0 N–H and O–H groups in total. The summed E-state index contributed by atoms with van der Waals surface area (Å²) in [4.78, 5) is 27.0. The summed E-state index contributed by atoms with van der Waals surface area (Å²) in [6, 6.07) is 16.5. The molecule has 1 saturated heterocycles. The number of non-ortho nitro benzene ring substituents is 1. The lowest BCUT2D eigenvalue weighted by Crippen LogP contribution is -2.34. The predicted octanol–water partition coefficient (Wildman–Crippen LogP) is 3.34. The van der Waals surface area contributed by atoms with Crippen LogP contribution in [0.3, 0.4) is 0 Å². The fraction of sp³-hybridized carbons (Fsp3) is 0.286. The van der Waals surface area contributed by atoms with E-state index in [1.165, 1.54) is 17.7 Å². The van der Waals surface area contributed by atoms with E-state index >= 15 is 0 Å². The maximum atomic E-state index is 12.5. The highest BCUT2D eigenvalue weighted by Crippen LogP contribution is 2.14. The van der Waals surface area contributed by atoms with Gasteiger partial charge in [0, 0.05) is 50.9 Å². The minimum Gasteiger partial charge on any atom is -0.338 e. The molecule has 1 heterocycles. The van der Waals surface area contributed by atoms with Gasteiger partial charge in [0.25, 0.3) is 5.69 Å². The van der Waals surface area contributed by atoms with Gasteiger partial charge in [-0.1, -0.05) is 30.3 Å². The quantitative estimate of drug-likeness (QED) is 0.463. The molecule has 2 aromatic carbocycles. The van der Waals surface area contributed by atoms with Crippen molar-refractivity contribution < 1.29 is 9.72 Å². The van der Waals surface area contributed by atoms with Crippen LogP contribution < -0.4 is 0 Å². The highest BCUT2D eigenvalue weighted by Gasteiger charge is 2.17. The fourth-order valence-corrected chi connectivity index (χ4v) is 3.17. The van der Waals surface area contributed by atoms with Gasteiger partial charge in [-0.05, 0) is 35.8 Å². The molecule has 6 nitrogen and oxygen atoms in total. The van der Waals surface area contributed by atoms with Gasteiger partial charge in [-0.15, -0.1) is 0 Å². The standard InChI is InChI=1S/C21H23N3O3/c25-21(12-9-18-7-10-20(11-8-18)24(26)27)23-14-4-13-22(15-16-23)17-19-5-2-1-3-6-19/h1-3,5-12H,4,13-17H2/b12-9+. The molecular weight excluding hydrogens is 342 g/mol. The first-order chi connectivity index (χ1) is 13.1. The Morgan fingerprint density at radius 1 is 1.00 bits per heavy atom. The van der Waals surface area contributed by atoms with Gasteiger partial charge in [-0.25, -0.2) is 0 Å². The zero-order valence-electron chi connectivity index (χ0n) is 15.2. The lowest BCUT2D eigenvalue weighted by atomic mass is 10.2. The van der Waals surface area contributed by atoms with Crippen LogP contribution in [0.5, 0.6) is 0 Å². The lowest BCUT2D eigenvalue weighted by Gasteiger charge is -2.21. The van der Waals surface area contributed by atoms with Crippen LogP contribution in [0.1, 0.15) is 17.5 Å². The highest BCUT2D eigenvalue weighted by atomic mass is 16.6. The van der Waals surface area contributed by atoms with E-state index in [2.05, 4.69) is 17.0 Å². The third-order valence-electron chi connectivity index (χ3n) is 4.67. The Labute approximate surface area is 158 Å². The summed E-state index contributed by atoms with van der Waals surface area (Å²) in [7, 11) is 0.